The second-order valence-electron chi connectivity index (χ2n) is 3.38. The van der Waals surface area contributed by atoms with Crippen LogP contribution in [0.1, 0.15) is 6.92 Å². The van der Waals surface area contributed by atoms with Gasteiger partial charge in [-0.15, -0.1) is 0 Å². The average molecular weight is 305 g/mol. The summed E-state index contributed by atoms with van der Waals surface area (Å²) in [4.78, 5) is 30.9. The lowest BCUT2D eigenvalue weighted by Gasteiger charge is -2.10. The number of rotatable bonds is 6. The molecule has 0 saturated heterocycles. The maximum atomic E-state index is 11.3. The normalized spacial score (nSPS) is 11.5. The SMILES string of the molecule is CCOC(=O)C(Oc1ccc([N+](=O)[O-])c(Cl)c1)[N+](=O)[O-]. The highest BCUT2D eigenvalue weighted by atomic mass is 35.5. The van der Waals surface area contributed by atoms with Crippen molar-refractivity contribution >= 4 is 23.3 Å². The lowest BCUT2D eigenvalue weighted by Crippen LogP contribution is -2.36. The van der Waals surface area contributed by atoms with Crippen LogP contribution in [0.4, 0.5) is 5.69 Å². The van der Waals surface area contributed by atoms with Crippen LogP contribution in [-0.4, -0.2) is 28.7 Å². The van der Waals surface area contributed by atoms with Gasteiger partial charge in [0.25, 0.3) is 5.69 Å². The molecule has 0 N–H and O–H groups in total. The summed E-state index contributed by atoms with van der Waals surface area (Å²) in [5.41, 5.74) is -0.382. The number of nitro groups is 2. The molecule has 1 aromatic rings. The third kappa shape index (κ3) is 3.79. The maximum absolute atomic E-state index is 11.3. The van der Waals surface area contributed by atoms with Crippen LogP contribution < -0.4 is 4.74 Å². The van der Waals surface area contributed by atoms with E-state index in [2.05, 4.69) is 4.74 Å². The quantitative estimate of drug-likeness (QED) is 0.340. The second-order valence-corrected chi connectivity index (χ2v) is 3.79. The largest absolute Gasteiger partial charge is 0.458 e. The molecule has 0 bridgehead atoms. The van der Waals surface area contributed by atoms with Crippen LogP contribution in [0.3, 0.4) is 0 Å². The van der Waals surface area contributed by atoms with Crippen LogP contribution in [0.15, 0.2) is 18.2 Å². The number of ether oxygens (including phenoxy) is 2. The first-order valence-electron chi connectivity index (χ1n) is 5.27. The van der Waals surface area contributed by atoms with Gasteiger partial charge in [0, 0.05) is 12.1 Å². The Balaban J connectivity index is 2.95. The smallest absolute Gasteiger partial charge is 0.452 e. The van der Waals surface area contributed by atoms with E-state index in [9.17, 15) is 25.0 Å². The van der Waals surface area contributed by atoms with E-state index in [1.807, 2.05) is 0 Å². The highest BCUT2D eigenvalue weighted by Gasteiger charge is 2.34. The van der Waals surface area contributed by atoms with Crippen molar-refractivity contribution in [1.82, 2.24) is 0 Å². The minimum Gasteiger partial charge on any atom is -0.458 e. The molecule has 0 saturated carbocycles. The summed E-state index contributed by atoms with van der Waals surface area (Å²) in [6.07, 6.45) is -2.06. The molecule has 0 heterocycles. The Hall–Kier alpha value is -2.42. The molecule has 0 aliphatic rings. The first-order chi connectivity index (χ1) is 9.36. The zero-order chi connectivity index (χ0) is 15.3. The minimum atomic E-state index is -2.06. The standard InChI is InChI=1S/C10H9ClN2O7/c1-2-19-10(14)9(13(17)18)20-6-3-4-8(12(15)16)7(11)5-6/h3-5,9H,2H2,1H3. The summed E-state index contributed by atoms with van der Waals surface area (Å²) in [6, 6.07) is 3.12. The third-order valence-corrected chi connectivity index (χ3v) is 2.35. The van der Waals surface area contributed by atoms with Crippen molar-refractivity contribution in [1.29, 1.82) is 0 Å². The van der Waals surface area contributed by atoms with Crippen molar-refractivity contribution in [3.8, 4) is 5.75 Å². The number of benzene rings is 1. The number of nitro benzene ring substituents is 1. The van der Waals surface area contributed by atoms with Crippen LogP contribution >= 0.6 is 11.6 Å². The Morgan fingerprint density at radius 2 is 2.05 bits per heavy atom. The summed E-state index contributed by atoms with van der Waals surface area (Å²) in [5, 5.41) is 21.0. The van der Waals surface area contributed by atoms with Gasteiger partial charge in [-0.3, -0.25) is 20.2 Å². The molecule has 0 aromatic heterocycles. The highest BCUT2D eigenvalue weighted by Crippen LogP contribution is 2.28. The number of esters is 1. The van der Waals surface area contributed by atoms with Gasteiger partial charge in [0.2, 0.25) is 0 Å². The molecule has 1 unspecified atom stereocenters. The van der Waals surface area contributed by atoms with Gasteiger partial charge in [-0.2, -0.15) is 0 Å². The van der Waals surface area contributed by atoms with Gasteiger partial charge in [-0.25, -0.2) is 4.79 Å². The summed E-state index contributed by atoms with van der Waals surface area (Å²) >= 11 is 5.62. The molecule has 10 heteroatoms. The molecule has 0 radical (unpaired) electrons. The number of carbonyl (C=O) groups is 1. The average Bonchev–Trinajstić information content (AvgIpc) is 2.35. The Morgan fingerprint density at radius 1 is 1.40 bits per heavy atom. The van der Waals surface area contributed by atoms with Crippen molar-refractivity contribution in [3.05, 3.63) is 43.5 Å². The predicted octanol–water partition coefficient (Wildman–Crippen LogP) is 1.79. The fourth-order valence-corrected chi connectivity index (χ4v) is 1.47. The zero-order valence-electron chi connectivity index (χ0n) is 10.1. The van der Waals surface area contributed by atoms with Gasteiger partial charge in [-0.05, 0) is 13.0 Å². The van der Waals surface area contributed by atoms with E-state index in [1.54, 1.807) is 0 Å². The third-order valence-electron chi connectivity index (χ3n) is 2.04. The van der Waals surface area contributed by atoms with E-state index >= 15 is 0 Å². The lowest BCUT2D eigenvalue weighted by molar-refractivity contribution is -0.548. The van der Waals surface area contributed by atoms with E-state index in [1.165, 1.54) is 6.92 Å². The first-order valence-corrected chi connectivity index (χ1v) is 5.65. The number of hydrogen-bond acceptors (Lipinski definition) is 7. The van der Waals surface area contributed by atoms with Crippen LogP contribution in [0.25, 0.3) is 0 Å². The number of hydrogen-bond donors (Lipinski definition) is 0. The van der Waals surface area contributed by atoms with Crippen molar-refractivity contribution in [3.63, 3.8) is 0 Å². The predicted molar refractivity (Wildman–Crippen MR) is 66.1 cm³/mol. The second kappa shape index (κ2) is 6.66. The molecular formula is C10H9ClN2O7. The van der Waals surface area contributed by atoms with E-state index in [4.69, 9.17) is 16.3 Å². The van der Waals surface area contributed by atoms with Crippen LogP contribution in [0.5, 0.6) is 5.75 Å². The highest BCUT2D eigenvalue weighted by molar-refractivity contribution is 6.32. The Morgan fingerprint density at radius 3 is 2.50 bits per heavy atom. The fraction of sp³-hybridized carbons (Fsp3) is 0.300. The Bertz CT molecular complexity index is 548. The number of halogens is 1. The summed E-state index contributed by atoms with van der Waals surface area (Å²) < 4.78 is 9.31. The van der Waals surface area contributed by atoms with Gasteiger partial charge in [0.05, 0.1) is 16.5 Å². The monoisotopic (exact) mass is 304 g/mol. The maximum Gasteiger partial charge on any atom is 0.452 e. The molecular weight excluding hydrogens is 296 g/mol. The van der Waals surface area contributed by atoms with E-state index in [0.29, 0.717) is 0 Å². The van der Waals surface area contributed by atoms with Crippen molar-refractivity contribution in [2.75, 3.05) is 6.61 Å². The lowest BCUT2D eigenvalue weighted by atomic mass is 10.3. The summed E-state index contributed by atoms with van der Waals surface area (Å²) in [5.74, 6) is -1.33. The molecule has 0 aliphatic heterocycles. The number of carbonyl (C=O) groups excluding carboxylic acids is 1. The molecule has 9 nitrogen and oxygen atoms in total. The van der Waals surface area contributed by atoms with Crippen LogP contribution in [0.2, 0.25) is 5.02 Å². The van der Waals surface area contributed by atoms with Crippen LogP contribution in [0, 0.1) is 20.2 Å². The van der Waals surface area contributed by atoms with Crippen LogP contribution in [-0.2, 0) is 9.53 Å². The van der Waals surface area contributed by atoms with Gasteiger partial charge in [0.15, 0.2) is 0 Å². The number of nitrogens with zero attached hydrogens (tertiary/aromatic N) is 2. The zero-order valence-corrected chi connectivity index (χ0v) is 10.9. The van der Waals surface area contributed by atoms with Gasteiger partial charge >= 0.3 is 12.2 Å². The topological polar surface area (TPSA) is 122 Å². The molecule has 0 fully saturated rings. The fourth-order valence-electron chi connectivity index (χ4n) is 1.23. The molecule has 1 aromatic carbocycles. The van der Waals surface area contributed by atoms with E-state index in [0.717, 1.165) is 18.2 Å². The Labute approximate surface area is 117 Å². The van der Waals surface area contributed by atoms with E-state index < -0.39 is 22.0 Å². The molecule has 0 amide bonds. The van der Waals surface area contributed by atoms with Gasteiger partial charge < -0.3 is 9.47 Å². The molecule has 1 rings (SSSR count). The molecule has 108 valence electrons. The van der Waals surface area contributed by atoms with E-state index in [-0.39, 0.29) is 23.1 Å². The molecule has 1 atom stereocenters. The van der Waals surface area contributed by atoms with Gasteiger partial charge in [-0.1, -0.05) is 11.6 Å². The minimum absolute atomic E-state index is 0.0481. The molecule has 20 heavy (non-hydrogen) atoms. The van der Waals surface area contributed by atoms with Gasteiger partial charge in [0.1, 0.15) is 10.8 Å². The van der Waals surface area contributed by atoms with Crippen molar-refractivity contribution in [2.45, 2.75) is 13.2 Å². The molecule has 0 aliphatic carbocycles. The van der Waals surface area contributed by atoms with Crippen molar-refractivity contribution in [2.24, 2.45) is 0 Å². The summed E-state index contributed by atoms with van der Waals surface area (Å²) in [6.45, 7) is 1.44. The summed E-state index contributed by atoms with van der Waals surface area (Å²) in [7, 11) is 0. The van der Waals surface area contributed by atoms with Crippen molar-refractivity contribution < 1.29 is 24.1 Å². The Kier molecular flexibility index (Phi) is 5.21. The first kappa shape index (κ1) is 15.6. The molecule has 0 spiro atoms.